The molecule has 0 spiro atoms. The van der Waals surface area contributed by atoms with Crippen LogP contribution in [0.2, 0.25) is 0 Å². The van der Waals surface area contributed by atoms with Crippen LogP contribution in [0.25, 0.3) is 0 Å². The molecule has 0 saturated carbocycles. The topological polar surface area (TPSA) is 123 Å². The summed E-state index contributed by atoms with van der Waals surface area (Å²) in [5, 5.41) is 9.08. The van der Waals surface area contributed by atoms with Crippen LogP contribution in [0.4, 0.5) is 0 Å². The third kappa shape index (κ3) is 3.73. The normalized spacial score (nSPS) is 10.3. The molecule has 1 aromatic heterocycles. The highest BCUT2D eigenvalue weighted by Crippen LogP contribution is 2.14. The highest BCUT2D eigenvalue weighted by Gasteiger charge is 2.13. The fourth-order valence-electron chi connectivity index (χ4n) is 1.73. The number of rotatable bonds is 6. The minimum absolute atomic E-state index is 0.0133. The maximum Gasteiger partial charge on any atom is 0.268 e. The number of carbonyl (C=O) groups excluding carboxylic acids is 2. The van der Waals surface area contributed by atoms with E-state index in [4.69, 9.17) is 16.9 Å². The maximum absolute atomic E-state index is 12.0. The summed E-state index contributed by atoms with van der Waals surface area (Å²) in [6.45, 7) is 0. The van der Waals surface area contributed by atoms with E-state index in [0.717, 1.165) is 16.9 Å². The number of primary amides is 1. The summed E-state index contributed by atoms with van der Waals surface area (Å²) in [5.41, 5.74) is 12.2. The second-order valence-electron chi connectivity index (χ2n) is 4.44. The van der Waals surface area contributed by atoms with Crippen molar-refractivity contribution in [3.05, 3.63) is 51.5 Å². The molecular weight excluding hydrogens is 288 g/mol. The van der Waals surface area contributed by atoms with Gasteiger partial charge >= 0.3 is 0 Å². The van der Waals surface area contributed by atoms with Gasteiger partial charge in [-0.05, 0) is 12.0 Å². The largest absolute Gasteiger partial charge is 0.384 e. The lowest BCUT2D eigenvalue weighted by atomic mass is 10.1. The molecule has 0 radical (unpaired) electrons. The number of hydrogen-bond donors (Lipinski definition) is 3. The van der Waals surface area contributed by atoms with E-state index in [1.807, 2.05) is 12.1 Å². The van der Waals surface area contributed by atoms with E-state index < -0.39 is 5.91 Å². The van der Waals surface area contributed by atoms with E-state index in [0.29, 0.717) is 23.4 Å². The molecule has 21 heavy (non-hydrogen) atoms. The van der Waals surface area contributed by atoms with Gasteiger partial charge in [-0.3, -0.25) is 15.0 Å². The molecule has 1 aromatic carbocycles. The second-order valence-corrected chi connectivity index (χ2v) is 5.29. The average molecular weight is 302 g/mol. The van der Waals surface area contributed by atoms with Gasteiger partial charge in [-0.1, -0.05) is 24.3 Å². The van der Waals surface area contributed by atoms with Crippen molar-refractivity contribution >= 4 is 28.9 Å². The average Bonchev–Trinajstić information content (AvgIpc) is 2.95. The Morgan fingerprint density at radius 2 is 1.86 bits per heavy atom. The first-order valence-corrected chi connectivity index (χ1v) is 7.07. The smallest absolute Gasteiger partial charge is 0.268 e. The number of aromatic nitrogens is 1. The van der Waals surface area contributed by atoms with E-state index in [2.05, 4.69) is 4.98 Å². The highest BCUT2D eigenvalue weighted by atomic mass is 32.1. The molecule has 0 aliphatic rings. The summed E-state index contributed by atoms with van der Waals surface area (Å²) in [4.78, 5) is 26.8. The Morgan fingerprint density at radius 3 is 2.38 bits per heavy atom. The lowest BCUT2D eigenvalue weighted by Crippen LogP contribution is -2.12. The van der Waals surface area contributed by atoms with Crippen molar-refractivity contribution < 1.29 is 9.59 Å². The Bertz CT molecular complexity index is 691. The number of aryl methyl sites for hydroxylation is 1. The van der Waals surface area contributed by atoms with Gasteiger partial charge in [-0.15, -0.1) is 11.3 Å². The van der Waals surface area contributed by atoms with Gasteiger partial charge in [0, 0.05) is 17.4 Å². The standard InChI is InChI=1S/C14H14N4O2S/c15-12(16)9-4-1-8(2-5-9)3-6-11(19)14-18-10(7-21-14)13(17)20/h1-2,4-5,7H,3,6H2,(H3,15,16)(H2,17,20). The quantitative estimate of drug-likeness (QED) is 0.423. The molecular formula is C14H14N4O2S. The van der Waals surface area contributed by atoms with Crippen LogP contribution in [0.3, 0.4) is 0 Å². The third-order valence-corrected chi connectivity index (χ3v) is 3.78. The molecule has 0 unspecified atom stereocenters. The van der Waals surface area contributed by atoms with Crippen LogP contribution >= 0.6 is 11.3 Å². The first-order chi connectivity index (χ1) is 9.97. The molecule has 0 aliphatic carbocycles. The predicted octanol–water partition coefficient (Wildman–Crippen LogP) is 1.34. The summed E-state index contributed by atoms with van der Waals surface area (Å²) in [6, 6.07) is 7.16. The molecule has 0 saturated heterocycles. The van der Waals surface area contributed by atoms with Crippen molar-refractivity contribution in [2.45, 2.75) is 12.8 Å². The first kappa shape index (κ1) is 14.9. The number of nitrogens with zero attached hydrogens (tertiary/aromatic N) is 1. The van der Waals surface area contributed by atoms with E-state index in [1.165, 1.54) is 5.38 Å². The minimum atomic E-state index is -0.634. The summed E-state index contributed by atoms with van der Waals surface area (Å²) < 4.78 is 0. The van der Waals surface area contributed by atoms with Crippen LogP contribution in [0.1, 0.15) is 37.8 Å². The number of amidine groups is 1. The number of thiazole rings is 1. The Morgan fingerprint density at radius 1 is 1.19 bits per heavy atom. The number of carbonyl (C=O) groups is 2. The van der Waals surface area contributed by atoms with Crippen molar-refractivity contribution in [3.8, 4) is 0 Å². The zero-order valence-corrected chi connectivity index (χ0v) is 11.9. The number of nitrogens with two attached hydrogens (primary N) is 2. The number of benzene rings is 1. The van der Waals surface area contributed by atoms with Gasteiger partial charge < -0.3 is 11.5 Å². The van der Waals surface area contributed by atoms with Crippen LogP contribution < -0.4 is 11.5 Å². The van der Waals surface area contributed by atoms with Crippen LogP contribution in [0, 0.1) is 5.41 Å². The molecule has 2 aromatic rings. The lowest BCUT2D eigenvalue weighted by Gasteiger charge is -2.02. The van der Waals surface area contributed by atoms with Gasteiger partial charge in [0.15, 0.2) is 10.8 Å². The van der Waals surface area contributed by atoms with E-state index in [1.54, 1.807) is 12.1 Å². The molecule has 108 valence electrons. The van der Waals surface area contributed by atoms with Gasteiger partial charge in [0.1, 0.15) is 11.5 Å². The van der Waals surface area contributed by atoms with Crippen molar-refractivity contribution in [1.82, 2.24) is 4.98 Å². The van der Waals surface area contributed by atoms with Gasteiger partial charge in [0.25, 0.3) is 5.91 Å². The number of Topliss-reactive ketones (excluding diaryl/α,β-unsaturated/α-hetero) is 1. The van der Waals surface area contributed by atoms with Crippen molar-refractivity contribution in [3.63, 3.8) is 0 Å². The third-order valence-electron chi connectivity index (χ3n) is 2.90. The van der Waals surface area contributed by atoms with Crippen molar-refractivity contribution in [2.75, 3.05) is 0 Å². The van der Waals surface area contributed by atoms with Gasteiger partial charge in [0.05, 0.1) is 0 Å². The molecule has 0 bridgehead atoms. The summed E-state index contributed by atoms with van der Waals surface area (Å²) in [7, 11) is 0. The molecule has 0 fully saturated rings. The molecule has 7 heteroatoms. The number of nitrogens with one attached hydrogen (secondary N) is 1. The summed E-state index contributed by atoms with van der Waals surface area (Å²) in [6.07, 6.45) is 0.855. The lowest BCUT2D eigenvalue weighted by molar-refractivity contribution is 0.0982. The number of nitrogen functional groups attached to an aromatic ring is 1. The predicted molar refractivity (Wildman–Crippen MR) is 80.7 cm³/mol. The minimum Gasteiger partial charge on any atom is -0.384 e. The first-order valence-electron chi connectivity index (χ1n) is 6.19. The fourth-order valence-corrected chi connectivity index (χ4v) is 2.51. The highest BCUT2D eigenvalue weighted by molar-refractivity contribution is 7.11. The maximum atomic E-state index is 12.0. The van der Waals surface area contributed by atoms with Crippen molar-refractivity contribution in [1.29, 1.82) is 5.41 Å². The molecule has 1 amide bonds. The van der Waals surface area contributed by atoms with Crippen LogP contribution in [0.15, 0.2) is 29.6 Å². The molecule has 1 heterocycles. The fraction of sp³-hybridized carbons (Fsp3) is 0.143. The second kappa shape index (κ2) is 6.27. The Kier molecular flexibility index (Phi) is 4.44. The molecule has 5 N–H and O–H groups in total. The SMILES string of the molecule is N=C(N)c1ccc(CCC(=O)c2nc(C(N)=O)cs2)cc1. The molecule has 0 atom stereocenters. The summed E-state index contributed by atoms with van der Waals surface area (Å²) in [5.74, 6) is -0.743. The van der Waals surface area contributed by atoms with Crippen LogP contribution in [0.5, 0.6) is 0 Å². The van der Waals surface area contributed by atoms with E-state index in [-0.39, 0.29) is 17.3 Å². The molecule has 2 rings (SSSR count). The van der Waals surface area contributed by atoms with Crippen LogP contribution in [-0.2, 0) is 6.42 Å². The van der Waals surface area contributed by atoms with Gasteiger partial charge in [-0.25, -0.2) is 4.98 Å². The Balaban J connectivity index is 1.97. The van der Waals surface area contributed by atoms with Gasteiger partial charge in [0.2, 0.25) is 0 Å². The summed E-state index contributed by atoms with van der Waals surface area (Å²) >= 11 is 1.12. The molecule has 6 nitrogen and oxygen atoms in total. The zero-order valence-electron chi connectivity index (χ0n) is 11.1. The number of hydrogen-bond acceptors (Lipinski definition) is 5. The number of ketones is 1. The molecule has 0 aliphatic heterocycles. The van der Waals surface area contributed by atoms with E-state index in [9.17, 15) is 9.59 Å². The van der Waals surface area contributed by atoms with E-state index >= 15 is 0 Å². The van der Waals surface area contributed by atoms with Crippen LogP contribution in [-0.4, -0.2) is 22.5 Å². The monoisotopic (exact) mass is 302 g/mol. The number of amides is 1. The Labute approximate surface area is 125 Å². The zero-order chi connectivity index (χ0) is 15.4. The van der Waals surface area contributed by atoms with Gasteiger partial charge in [-0.2, -0.15) is 0 Å². The Hall–Kier alpha value is -2.54. The van der Waals surface area contributed by atoms with Crippen molar-refractivity contribution in [2.24, 2.45) is 11.5 Å².